The minimum absolute atomic E-state index is 0.0149. The molecule has 1 N–H and O–H groups in total. The van der Waals surface area contributed by atoms with Gasteiger partial charge >= 0.3 is 0 Å². The zero-order chi connectivity index (χ0) is 18.1. The standard InChI is InChI=1S/C21H22N2O3/c1-23-18-9-5-6-10-19(18)26-13-17(21(23)25)22-20(24)16-12-15(16)11-14-7-3-2-4-8-14/h2-10,15-17H,11-13H2,1H3,(H,22,24)/t15-,16-,17?/m1/s1. The maximum absolute atomic E-state index is 12.7. The van der Waals surface area contributed by atoms with E-state index in [1.165, 1.54) is 5.56 Å². The Morgan fingerprint density at radius 2 is 1.88 bits per heavy atom. The van der Waals surface area contributed by atoms with Gasteiger partial charge in [0.05, 0.1) is 5.69 Å². The molecule has 1 fully saturated rings. The number of rotatable bonds is 4. The lowest BCUT2D eigenvalue weighted by Gasteiger charge is -2.20. The largest absolute Gasteiger partial charge is 0.489 e. The monoisotopic (exact) mass is 350 g/mol. The Hall–Kier alpha value is -2.82. The fourth-order valence-electron chi connectivity index (χ4n) is 3.55. The average Bonchev–Trinajstić information content (AvgIpc) is 3.44. The van der Waals surface area contributed by atoms with E-state index in [0.717, 1.165) is 18.5 Å². The molecule has 1 unspecified atom stereocenters. The lowest BCUT2D eigenvalue weighted by Crippen LogP contribution is -2.50. The van der Waals surface area contributed by atoms with E-state index in [4.69, 9.17) is 4.74 Å². The Labute approximate surface area is 153 Å². The predicted molar refractivity (Wildman–Crippen MR) is 99.0 cm³/mol. The van der Waals surface area contributed by atoms with E-state index < -0.39 is 6.04 Å². The van der Waals surface area contributed by atoms with E-state index in [9.17, 15) is 9.59 Å². The zero-order valence-corrected chi connectivity index (χ0v) is 14.7. The summed E-state index contributed by atoms with van der Waals surface area (Å²) in [5.41, 5.74) is 1.97. The number of fused-ring (bicyclic) bond motifs is 1. The molecule has 1 saturated carbocycles. The van der Waals surface area contributed by atoms with Crippen molar-refractivity contribution < 1.29 is 14.3 Å². The molecular weight excluding hydrogens is 328 g/mol. The van der Waals surface area contributed by atoms with Crippen LogP contribution in [0.3, 0.4) is 0 Å². The lowest BCUT2D eigenvalue weighted by atomic mass is 10.1. The van der Waals surface area contributed by atoms with E-state index in [0.29, 0.717) is 11.7 Å². The average molecular weight is 350 g/mol. The number of amides is 2. The molecule has 5 heteroatoms. The van der Waals surface area contributed by atoms with Crippen LogP contribution in [-0.2, 0) is 16.0 Å². The highest BCUT2D eigenvalue weighted by atomic mass is 16.5. The van der Waals surface area contributed by atoms with Gasteiger partial charge in [0.1, 0.15) is 18.4 Å². The smallest absolute Gasteiger partial charge is 0.252 e. The molecule has 1 aliphatic carbocycles. The summed E-state index contributed by atoms with van der Waals surface area (Å²) in [5, 5.41) is 2.90. The normalized spacial score (nSPS) is 24.3. The van der Waals surface area contributed by atoms with Crippen molar-refractivity contribution in [2.45, 2.75) is 18.9 Å². The molecule has 1 aliphatic heterocycles. The molecule has 0 saturated heterocycles. The van der Waals surface area contributed by atoms with Crippen LogP contribution in [0.25, 0.3) is 0 Å². The maximum Gasteiger partial charge on any atom is 0.252 e. The van der Waals surface area contributed by atoms with E-state index in [2.05, 4.69) is 17.4 Å². The van der Waals surface area contributed by atoms with Gasteiger partial charge in [0.25, 0.3) is 5.91 Å². The fourth-order valence-corrected chi connectivity index (χ4v) is 3.55. The second kappa shape index (κ2) is 6.83. The van der Waals surface area contributed by atoms with Crippen molar-refractivity contribution in [3.8, 4) is 5.75 Å². The Morgan fingerprint density at radius 1 is 1.15 bits per heavy atom. The summed E-state index contributed by atoms with van der Waals surface area (Å²) in [6.45, 7) is 0.155. The first-order valence-corrected chi connectivity index (χ1v) is 8.97. The number of carbonyl (C=O) groups is 2. The van der Waals surface area contributed by atoms with Crippen molar-refractivity contribution in [3.63, 3.8) is 0 Å². The molecule has 2 aliphatic rings. The molecule has 4 rings (SSSR count). The molecule has 26 heavy (non-hydrogen) atoms. The minimum atomic E-state index is -0.655. The number of benzene rings is 2. The number of para-hydroxylation sites is 2. The molecule has 2 amide bonds. The van der Waals surface area contributed by atoms with Crippen LogP contribution < -0.4 is 15.0 Å². The highest BCUT2D eigenvalue weighted by Gasteiger charge is 2.44. The molecule has 2 aromatic carbocycles. The number of likely N-dealkylation sites (N-methyl/N-ethyl adjacent to an activating group) is 1. The number of nitrogens with zero attached hydrogens (tertiary/aromatic N) is 1. The topological polar surface area (TPSA) is 58.6 Å². The third-order valence-corrected chi connectivity index (χ3v) is 5.18. The third kappa shape index (κ3) is 3.29. The van der Waals surface area contributed by atoms with E-state index >= 15 is 0 Å². The first-order chi connectivity index (χ1) is 12.6. The summed E-state index contributed by atoms with van der Waals surface area (Å²) in [7, 11) is 1.71. The quantitative estimate of drug-likeness (QED) is 0.921. The Kier molecular flexibility index (Phi) is 4.37. The second-order valence-corrected chi connectivity index (χ2v) is 7.03. The van der Waals surface area contributed by atoms with Crippen LogP contribution in [-0.4, -0.2) is 31.5 Å². The van der Waals surface area contributed by atoms with Crippen LogP contribution in [0.15, 0.2) is 54.6 Å². The van der Waals surface area contributed by atoms with Crippen molar-refractivity contribution in [1.29, 1.82) is 0 Å². The first-order valence-electron chi connectivity index (χ1n) is 8.97. The Balaban J connectivity index is 1.37. The van der Waals surface area contributed by atoms with Gasteiger partial charge in [-0.2, -0.15) is 0 Å². The molecule has 1 heterocycles. The lowest BCUT2D eigenvalue weighted by molar-refractivity contribution is -0.128. The van der Waals surface area contributed by atoms with Crippen LogP contribution in [0, 0.1) is 11.8 Å². The summed E-state index contributed by atoms with van der Waals surface area (Å²) >= 11 is 0. The van der Waals surface area contributed by atoms with Gasteiger partial charge in [0.2, 0.25) is 5.91 Å². The molecule has 0 spiro atoms. The molecular formula is C21H22N2O3. The summed E-state index contributed by atoms with van der Waals surface area (Å²) in [5.74, 6) is 0.803. The molecule has 0 bridgehead atoms. The number of nitrogens with one attached hydrogen (secondary N) is 1. The maximum atomic E-state index is 12.7. The van der Waals surface area contributed by atoms with E-state index in [-0.39, 0.29) is 24.3 Å². The van der Waals surface area contributed by atoms with Gasteiger partial charge in [-0.3, -0.25) is 9.59 Å². The van der Waals surface area contributed by atoms with Crippen LogP contribution >= 0.6 is 0 Å². The number of hydrogen-bond acceptors (Lipinski definition) is 3. The first kappa shape index (κ1) is 16.6. The van der Waals surface area contributed by atoms with Gasteiger partial charge in [0.15, 0.2) is 0 Å². The van der Waals surface area contributed by atoms with Crippen LogP contribution in [0.2, 0.25) is 0 Å². The Morgan fingerprint density at radius 3 is 2.69 bits per heavy atom. The van der Waals surface area contributed by atoms with Gasteiger partial charge in [-0.15, -0.1) is 0 Å². The number of carbonyl (C=O) groups excluding carboxylic acids is 2. The van der Waals surface area contributed by atoms with E-state index in [1.54, 1.807) is 11.9 Å². The van der Waals surface area contributed by atoms with Gasteiger partial charge in [-0.1, -0.05) is 42.5 Å². The van der Waals surface area contributed by atoms with Gasteiger partial charge in [-0.05, 0) is 36.5 Å². The van der Waals surface area contributed by atoms with Crippen molar-refractivity contribution in [2.24, 2.45) is 11.8 Å². The van der Waals surface area contributed by atoms with Gasteiger partial charge in [0, 0.05) is 13.0 Å². The predicted octanol–water partition coefficient (Wildman–Crippen LogP) is 2.41. The summed E-state index contributed by atoms with van der Waals surface area (Å²) < 4.78 is 5.75. The molecule has 3 atom stereocenters. The van der Waals surface area contributed by atoms with Crippen LogP contribution in [0.5, 0.6) is 5.75 Å². The number of anilines is 1. The van der Waals surface area contributed by atoms with Crippen molar-refractivity contribution >= 4 is 17.5 Å². The van der Waals surface area contributed by atoms with Gasteiger partial charge in [-0.25, -0.2) is 0 Å². The second-order valence-electron chi connectivity index (χ2n) is 7.03. The summed E-state index contributed by atoms with van der Waals surface area (Å²) in [6, 6.07) is 16.9. The zero-order valence-electron chi connectivity index (χ0n) is 14.7. The summed E-state index contributed by atoms with van der Waals surface area (Å²) in [4.78, 5) is 26.8. The van der Waals surface area contributed by atoms with Crippen molar-refractivity contribution in [1.82, 2.24) is 5.32 Å². The number of ether oxygens (including phenoxy) is 1. The highest BCUT2D eigenvalue weighted by Crippen LogP contribution is 2.41. The molecule has 0 radical (unpaired) electrons. The number of hydrogen-bond donors (Lipinski definition) is 1. The third-order valence-electron chi connectivity index (χ3n) is 5.18. The highest BCUT2D eigenvalue weighted by molar-refractivity contribution is 6.01. The Bertz CT molecular complexity index is 821. The molecule has 2 aromatic rings. The molecule has 0 aromatic heterocycles. The molecule has 5 nitrogen and oxygen atoms in total. The molecule has 134 valence electrons. The minimum Gasteiger partial charge on any atom is -0.489 e. The van der Waals surface area contributed by atoms with Gasteiger partial charge < -0.3 is 15.0 Å². The van der Waals surface area contributed by atoms with E-state index in [1.807, 2.05) is 42.5 Å². The van der Waals surface area contributed by atoms with Crippen LogP contribution in [0.4, 0.5) is 5.69 Å². The fraction of sp³-hybridized carbons (Fsp3) is 0.333. The summed E-state index contributed by atoms with van der Waals surface area (Å²) in [6.07, 6.45) is 1.78. The van der Waals surface area contributed by atoms with Crippen LogP contribution in [0.1, 0.15) is 12.0 Å². The van der Waals surface area contributed by atoms with Crippen molar-refractivity contribution in [2.75, 3.05) is 18.6 Å². The van der Waals surface area contributed by atoms with Crippen molar-refractivity contribution in [3.05, 3.63) is 60.2 Å². The SMILES string of the molecule is CN1C(=O)C(NC(=O)[C@@H]2C[C@H]2Cc2ccccc2)COc2ccccc21.